The number of hydrogen-bond donors (Lipinski definition) is 0. The third-order valence-corrected chi connectivity index (χ3v) is 2.90. The van der Waals surface area contributed by atoms with Gasteiger partial charge in [-0.15, -0.1) is 0 Å². The number of ether oxygens (including phenoxy) is 1. The van der Waals surface area contributed by atoms with Crippen molar-refractivity contribution in [2.45, 2.75) is 13.8 Å². The first-order chi connectivity index (χ1) is 10.5. The van der Waals surface area contributed by atoms with E-state index in [2.05, 4.69) is 9.98 Å². The first-order valence-electron chi connectivity index (χ1n) is 6.85. The van der Waals surface area contributed by atoms with E-state index in [1.807, 2.05) is 14.1 Å². The Hall–Kier alpha value is -2.70. The number of carbonyl (C=O) groups is 2. The van der Waals surface area contributed by atoms with Crippen LogP contribution in [0.2, 0.25) is 0 Å². The van der Waals surface area contributed by atoms with Crippen LogP contribution in [-0.4, -0.2) is 53.4 Å². The monoisotopic (exact) mass is 302 g/mol. The lowest BCUT2D eigenvalue weighted by Crippen LogP contribution is -2.16. The van der Waals surface area contributed by atoms with E-state index in [0.717, 1.165) is 0 Å². The predicted octanol–water partition coefficient (Wildman–Crippen LogP) is 2.09. The number of carbonyl (C=O) groups excluding carboxylic acids is 2. The Balaban J connectivity index is 2.81. The average Bonchev–Trinajstić information content (AvgIpc) is 2.80. The van der Waals surface area contributed by atoms with Crippen LogP contribution in [0.3, 0.4) is 0 Å². The highest BCUT2D eigenvalue weighted by Gasteiger charge is 2.26. The van der Waals surface area contributed by atoms with Gasteiger partial charge in [0.2, 0.25) is 5.91 Å². The summed E-state index contributed by atoms with van der Waals surface area (Å²) in [6, 6.07) is 3.43. The summed E-state index contributed by atoms with van der Waals surface area (Å²) in [6.45, 7) is 3.30. The summed E-state index contributed by atoms with van der Waals surface area (Å²) in [5, 5.41) is 0. The van der Waals surface area contributed by atoms with Gasteiger partial charge in [-0.3, -0.25) is 14.3 Å². The van der Waals surface area contributed by atoms with Crippen LogP contribution in [0, 0.1) is 0 Å². The average molecular weight is 302 g/mol. The van der Waals surface area contributed by atoms with Crippen LogP contribution in [0.4, 0.5) is 5.69 Å². The van der Waals surface area contributed by atoms with Gasteiger partial charge in [0.25, 0.3) is 0 Å². The fraction of sp³-hybridized carbons (Fsp3) is 0.333. The standard InChI is InChI=1S/C15H18N4O3/c1-5-22-15(21)14-13(17-9-18(3)4)12-11(7-6-8-16-12)19(14)10(2)20/h6-9H,5H2,1-4H3. The smallest absolute Gasteiger partial charge is 0.357 e. The molecule has 2 rings (SSSR count). The number of aromatic nitrogens is 2. The molecule has 0 aromatic carbocycles. The molecule has 0 atom stereocenters. The Morgan fingerprint density at radius 2 is 2.18 bits per heavy atom. The lowest BCUT2D eigenvalue weighted by atomic mass is 10.3. The van der Waals surface area contributed by atoms with E-state index in [-0.39, 0.29) is 18.2 Å². The highest BCUT2D eigenvalue weighted by atomic mass is 16.5. The summed E-state index contributed by atoms with van der Waals surface area (Å²) in [5.41, 5.74) is 1.45. The molecule has 7 nitrogen and oxygen atoms in total. The summed E-state index contributed by atoms with van der Waals surface area (Å²) in [4.78, 5) is 34.6. The number of nitrogens with zero attached hydrogens (tertiary/aromatic N) is 4. The minimum Gasteiger partial charge on any atom is -0.461 e. The molecule has 0 unspecified atom stereocenters. The first-order valence-corrected chi connectivity index (χ1v) is 6.85. The maximum Gasteiger partial charge on any atom is 0.357 e. The normalized spacial score (nSPS) is 11.1. The van der Waals surface area contributed by atoms with Crippen LogP contribution in [0.1, 0.15) is 29.1 Å². The lowest BCUT2D eigenvalue weighted by molar-refractivity contribution is 0.0511. The van der Waals surface area contributed by atoms with Gasteiger partial charge in [-0.25, -0.2) is 9.79 Å². The van der Waals surface area contributed by atoms with Crippen molar-refractivity contribution < 1.29 is 14.3 Å². The Bertz CT molecular complexity index is 747. The van der Waals surface area contributed by atoms with Crippen LogP contribution in [0.25, 0.3) is 11.0 Å². The van der Waals surface area contributed by atoms with E-state index in [0.29, 0.717) is 16.7 Å². The van der Waals surface area contributed by atoms with E-state index in [1.54, 1.807) is 36.5 Å². The topological polar surface area (TPSA) is 76.8 Å². The second-order valence-electron chi connectivity index (χ2n) is 4.85. The second-order valence-corrected chi connectivity index (χ2v) is 4.85. The quantitative estimate of drug-likeness (QED) is 0.491. The molecule has 0 bridgehead atoms. The summed E-state index contributed by atoms with van der Waals surface area (Å²) in [5.74, 6) is -0.894. The first kappa shape index (κ1) is 15.7. The number of rotatable bonds is 4. The molecule has 0 aliphatic heterocycles. The summed E-state index contributed by atoms with van der Waals surface area (Å²) in [6.07, 6.45) is 3.15. The van der Waals surface area contributed by atoms with Crippen molar-refractivity contribution in [3.8, 4) is 0 Å². The van der Waals surface area contributed by atoms with Crippen molar-refractivity contribution in [1.82, 2.24) is 14.5 Å². The Labute approximate surface area is 128 Å². The molecule has 0 radical (unpaired) electrons. The third-order valence-electron chi connectivity index (χ3n) is 2.90. The van der Waals surface area contributed by atoms with Gasteiger partial charge in [-0.05, 0) is 19.1 Å². The highest BCUT2D eigenvalue weighted by Crippen LogP contribution is 2.32. The van der Waals surface area contributed by atoms with Gasteiger partial charge < -0.3 is 9.64 Å². The van der Waals surface area contributed by atoms with Crippen molar-refractivity contribution in [3.05, 3.63) is 24.0 Å². The molecule has 2 aromatic heterocycles. The molecule has 0 fully saturated rings. The number of esters is 1. The summed E-state index contributed by atoms with van der Waals surface area (Å²) in [7, 11) is 3.62. The molecule has 0 spiro atoms. The van der Waals surface area contributed by atoms with Gasteiger partial charge in [-0.1, -0.05) is 0 Å². The highest BCUT2D eigenvalue weighted by molar-refractivity contribution is 6.09. The molecule has 2 heterocycles. The summed E-state index contributed by atoms with van der Waals surface area (Å²) < 4.78 is 6.36. The number of fused-ring (bicyclic) bond motifs is 1. The molecule has 7 heteroatoms. The molecular formula is C15H18N4O3. The summed E-state index contributed by atoms with van der Waals surface area (Å²) >= 11 is 0. The molecule has 116 valence electrons. The van der Waals surface area contributed by atoms with Gasteiger partial charge in [0, 0.05) is 27.2 Å². The largest absolute Gasteiger partial charge is 0.461 e. The zero-order valence-corrected chi connectivity index (χ0v) is 13.0. The molecule has 0 saturated heterocycles. The van der Waals surface area contributed by atoms with Gasteiger partial charge >= 0.3 is 5.97 Å². The third kappa shape index (κ3) is 2.83. The van der Waals surface area contributed by atoms with E-state index in [4.69, 9.17) is 4.74 Å². The van der Waals surface area contributed by atoms with Crippen molar-refractivity contribution in [1.29, 1.82) is 0 Å². The van der Waals surface area contributed by atoms with Gasteiger partial charge in [0.05, 0.1) is 18.5 Å². The minimum atomic E-state index is -0.596. The fourth-order valence-corrected chi connectivity index (χ4v) is 2.11. The van der Waals surface area contributed by atoms with E-state index >= 15 is 0 Å². The molecule has 0 aliphatic rings. The predicted molar refractivity (Wildman–Crippen MR) is 83.8 cm³/mol. The molecule has 0 amide bonds. The molecule has 0 aliphatic carbocycles. The van der Waals surface area contributed by atoms with Crippen molar-refractivity contribution in [3.63, 3.8) is 0 Å². The van der Waals surface area contributed by atoms with Crippen LogP contribution >= 0.6 is 0 Å². The van der Waals surface area contributed by atoms with Gasteiger partial charge in [-0.2, -0.15) is 0 Å². The minimum absolute atomic E-state index is 0.0983. The van der Waals surface area contributed by atoms with Crippen LogP contribution in [0.15, 0.2) is 23.3 Å². The van der Waals surface area contributed by atoms with E-state index < -0.39 is 5.97 Å². The van der Waals surface area contributed by atoms with Crippen molar-refractivity contribution in [2.75, 3.05) is 20.7 Å². The van der Waals surface area contributed by atoms with Gasteiger partial charge in [0.15, 0.2) is 5.69 Å². The van der Waals surface area contributed by atoms with Crippen LogP contribution in [0.5, 0.6) is 0 Å². The van der Waals surface area contributed by atoms with Crippen molar-refractivity contribution in [2.24, 2.45) is 4.99 Å². The van der Waals surface area contributed by atoms with Gasteiger partial charge in [0.1, 0.15) is 11.2 Å². The molecule has 22 heavy (non-hydrogen) atoms. The Kier molecular flexibility index (Phi) is 4.55. The molecule has 0 N–H and O–H groups in total. The van der Waals surface area contributed by atoms with E-state index in [9.17, 15) is 9.59 Å². The van der Waals surface area contributed by atoms with E-state index in [1.165, 1.54) is 11.5 Å². The lowest BCUT2D eigenvalue weighted by Gasteiger charge is -2.07. The van der Waals surface area contributed by atoms with Crippen LogP contribution < -0.4 is 0 Å². The maximum atomic E-state index is 12.3. The molecular weight excluding hydrogens is 284 g/mol. The molecule has 0 saturated carbocycles. The Morgan fingerprint density at radius 3 is 2.77 bits per heavy atom. The zero-order chi connectivity index (χ0) is 16.3. The fourth-order valence-electron chi connectivity index (χ4n) is 2.11. The number of hydrogen-bond acceptors (Lipinski definition) is 5. The zero-order valence-electron chi connectivity index (χ0n) is 13.0. The number of aliphatic imine (C=N–C) groups is 1. The number of pyridine rings is 1. The second kappa shape index (κ2) is 6.38. The Morgan fingerprint density at radius 1 is 1.45 bits per heavy atom. The van der Waals surface area contributed by atoms with Crippen LogP contribution in [-0.2, 0) is 4.74 Å². The SMILES string of the molecule is CCOC(=O)c1c(N=CN(C)C)c2ncccc2n1C(C)=O. The molecule has 2 aromatic rings. The maximum absolute atomic E-state index is 12.3. The van der Waals surface area contributed by atoms with Crippen molar-refractivity contribution >= 4 is 34.9 Å².